The summed E-state index contributed by atoms with van der Waals surface area (Å²) in [5, 5.41) is 9.43. The number of aromatic nitrogens is 2. The maximum atomic E-state index is 9.43. The molecule has 3 nitrogen and oxygen atoms in total. The molecule has 0 atom stereocenters. The lowest BCUT2D eigenvalue weighted by molar-refractivity contribution is 0.442. The fraction of sp³-hybridized carbons (Fsp3) is 0.600. The van der Waals surface area contributed by atoms with Crippen LogP contribution in [0.25, 0.3) is 0 Å². The minimum atomic E-state index is 0.124. The van der Waals surface area contributed by atoms with E-state index in [2.05, 4.69) is 16.9 Å². The van der Waals surface area contributed by atoms with Crippen LogP contribution in [0.4, 0.5) is 0 Å². The van der Waals surface area contributed by atoms with Crippen molar-refractivity contribution in [2.45, 2.75) is 40.0 Å². The molecule has 0 aliphatic carbocycles. The quantitative estimate of drug-likeness (QED) is 0.775. The van der Waals surface area contributed by atoms with Crippen molar-refractivity contribution in [3.63, 3.8) is 0 Å². The standard InChI is InChI=1S/C10H16N2O/c1-4-5-6-9-11-8(3)7(2)10(13)12-9/h4-6H2,1-3H3,(H,11,12,13). The van der Waals surface area contributed by atoms with Gasteiger partial charge in [-0.05, 0) is 20.3 Å². The summed E-state index contributed by atoms with van der Waals surface area (Å²) < 4.78 is 0. The molecule has 1 N–H and O–H groups in total. The molecular formula is C10H16N2O. The number of nitrogens with zero attached hydrogens (tertiary/aromatic N) is 2. The van der Waals surface area contributed by atoms with Crippen molar-refractivity contribution >= 4 is 0 Å². The van der Waals surface area contributed by atoms with Crippen LogP contribution in [-0.4, -0.2) is 15.1 Å². The highest BCUT2D eigenvalue weighted by Gasteiger charge is 2.05. The van der Waals surface area contributed by atoms with E-state index in [1.54, 1.807) is 0 Å². The molecular weight excluding hydrogens is 164 g/mol. The van der Waals surface area contributed by atoms with Crippen molar-refractivity contribution in [1.82, 2.24) is 9.97 Å². The van der Waals surface area contributed by atoms with Crippen LogP contribution in [0.15, 0.2) is 0 Å². The zero-order valence-corrected chi connectivity index (χ0v) is 8.46. The summed E-state index contributed by atoms with van der Waals surface area (Å²) in [6.07, 6.45) is 3.05. The average Bonchev–Trinajstić information content (AvgIpc) is 2.10. The van der Waals surface area contributed by atoms with Crippen molar-refractivity contribution in [2.24, 2.45) is 0 Å². The maximum Gasteiger partial charge on any atom is 0.217 e. The predicted octanol–water partition coefficient (Wildman–Crippen LogP) is 2.14. The first-order chi connectivity index (χ1) is 6.15. The lowest BCUT2D eigenvalue weighted by Crippen LogP contribution is -1.99. The normalized spacial score (nSPS) is 10.4. The Morgan fingerprint density at radius 1 is 1.23 bits per heavy atom. The second-order valence-corrected chi connectivity index (χ2v) is 3.28. The van der Waals surface area contributed by atoms with Crippen molar-refractivity contribution in [1.29, 1.82) is 0 Å². The summed E-state index contributed by atoms with van der Waals surface area (Å²) in [6, 6.07) is 0. The van der Waals surface area contributed by atoms with Gasteiger partial charge < -0.3 is 5.11 Å². The minimum absolute atomic E-state index is 0.124. The monoisotopic (exact) mass is 180 g/mol. The highest BCUT2D eigenvalue weighted by Crippen LogP contribution is 2.15. The van der Waals surface area contributed by atoms with E-state index in [1.807, 2.05) is 13.8 Å². The zero-order valence-electron chi connectivity index (χ0n) is 8.46. The van der Waals surface area contributed by atoms with Gasteiger partial charge >= 0.3 is 0 Å². The predicted molar refractivity (Wildman–Crippen MR) is 51.8 cm³/mol. The smallest absolute Gasteiger partial charge is 0.217 e. The van der Waals surface area contributed by atoms with Gasteiger partial charge in [-0.2, -0.15) is 4.98 Å². The van der Waals surface area contributed by atoms with Crippen molar-refractivity contribution in [3.8, 4) is 5.88 Å². The first-order valence-corrected chi connectivity index (χ1v) is 4.68. The van der Waals surface area contributed by atoms with Crippen LogP contribution in [0.5, 0.6) is 5.88 Å². The number of hydrogen-bond donors (Lipinski definition) is 1. The van der Waals surface area contributed by atoms with Crippen LogP contribution < -0.4 is 0 Å². The highest BCUT2D eigenvalue weighted by molar-refractivity contribution is 5.27. The summed E-state index contributed by atoms with van der Waals surface area (Å²) in [5.41, 5.74) is 1.65. The van der Waals surface area contributed by atoms with Gasteiger partial charge in [-0.1, -0.05) is 13.3 Å². The number of aromatic hydroxyl groups is 1. The number of unbranched alkanes of at least 4 members (excludes halogenated alkanes) is 1. The van der Waals surface area contributed by atoms with Crippen molar-refractivity contribution in [3.05, 3.63) is 17.1 Å². The molecule has 0 spiro atoms. The highest BCUT2D eigenvalue weighted by atomic mass is 16.3. The van der Waals surface area contributed by atoms with Gasteiger partial charge in [0.05, 0.1) is 0 Å². The molecule has 0 radical (unpaired) electrons. The van der Waals surface area contributed by atoms with Gasteiger partial charge in [-0.3, -0.25) is 0 Å². The molecule has 1 rings (SSSR count). The minimum Gasteiger partial charge on any atom is -0.493 e. The first kappa shape index (κ1) is 9.96. The van der Waals surface area contributed by atoms with Gasteiger partial charge in [0, 0.05) is 17.7 Å². The molecule has 0 amide bonds. The molecule has 0 aliphatic rings. The van der Waals surface area contributed by atoms with Gasteiger partial charge in [0.15, 0.2) is 0 Å². The van der Waals surface area contributed by atoms with Crippen LogP contribution in [-0.2, 0) is 6.42 Å². The Hall–Kier alpha value is -1.12. The van der Waals surface area contributed by atoms with Gasteiger partial charge in [0.2, 0.25) is 5.88 Å². The van der Waals surface area contributed by atoms with Crippen LogP contribution in [0.1, 0.15) is 36.8 Å². The summed E-state index contributed by atoms with van der Waals surface area (Å²) >= 11 is 0. The third-order valence-electron chi connectivity index (χ3n) is 2.16. The Morgan fingerprint density at radius 3 is 2.46 bits per heavy atom. The molecule has 1 heterocycles. The van der Waals surface area contributed by atoms with Gasteiger partial charge in [-0.25, -0.2) is 4.98 Å². The third kappa shape index (κ3) is 2.41. The molecule has 0 saturated heterocycles. The van der Waals surface area contributed by atoms with E-state index in [4.69, 9.17) is 0 Å². The second kappa shape index (κ2) is 4.21. The van der Waals surface area contributed by atoms with E-state index in [-0.39, 0.29) is 5.88 Å². The fourth-order valence-corrected chi connectivity index (χ4v) is 1.12. The topological polar surface area (TPSA) is 46.0 Å². The molecule has 1 aromatic rings. The maximum absolute atomic E-state index is 9.43. The average molecular weight is 180 g/mol. The summed E-state index contributed by atoms with van der Waals surface area (Å²) in [4.78, 5) is 8.32. The van der Waals surface area contributed by atoms with Crippen molar-refractivity contribution in [2.75, 3.05) is 0 Å². The number of aryl methyl sites for hydroxylation is 2. The fourth-order valence-electron chi connectivity index (χ4n) is 1.12. The molecule has 0 aliphatic heterocycles. The summed E-state index contributed by atoms with van der Waals surface area (Å²) in [7, 11) is 0. The zero-order chi connectivity index (χ0) is 9.84. The summed E-state index contributed by atoms with van der Waals surface area (Å²) in [6.45, 7) is 5.85. The van der Waals surface area contributed by atoms with E-state index >= 15 is 0 Å². The van der Waals surface area contributed by atoms with E-state index in [0.717, 1.165) is 36.3 Å². The van der Waals surface area contributed by atoms with Crippen LogP contribution in [0, 0.1) is 13.8 Å². The van der Waals surface area contributed by atoms with E-state index in [9.17, 15) is 5.11 Å². The SMILES string of the molecule is CCCCc1nc(C)c(C)c(O)n1. The molecule has 0 unspecified atom stereocenters. The molecule has 0 bridgehead atoms. The van der Waals surface area contributed by atoms with Crippen LogP contribution >= 0.6 is 0 Å². The number of rotatable bonds is 3. The van der Waals surface area contributed by atoms with Gasteiger partial charge in [0.25, 0.3) is 0 Å². The molecule has 72 valence electrons. The molecule has 3 heteroatoms. The van der Waals surface area contributed by atoms with E-state index in [0.29, 0.717) is 0 Å². The molecule has 13 heavy (non-hydrogen) atoms. The Kier molecular flexibility index (Phi) is 3.23. The Bertz CT molecular complexity index is 274. The first-order valence-electron chi connectivity index (χ1n) is 4.68. The molecule has 1 aromatic heterocycles. The largest absolute Gasteiger partial charge is 0.493 e. The number of hydrogen-bond acceptors (Lipinski definition) is 3. The molecule has 0 aromatic carbocycles. The van der Waals surface area contributed by atoms with Gasteiger partial charge in [0.1, 0.15) is 5.82 Å². The molecule has 0 saturated carbocycles. The lowest BCUT2D eigenvalue weighted by Gasteiger charge is -2.04. The summed E-state index contributed by atoms with van der Waals surface area (Å²) in [5.74, 6) is 0.876. The van der Waals surface area contributed by atoms with Crippen LogP contribution in [0.2, 0.25) is 0 Å². The van der Waals surface area contributed by atoms with Gasteiger partial charge in [-0.15, -0.1) is 0 Å². The van der Waals surface area contributed by atoms with E-state index < -0.39 is 0 Å². The molecule has 0 fully saturated rings. The van der Waals surface area contributed by atoms with Crippen molar-refractivity contribution < 1.29 is 5.11 Å². The Morgan fingerprint density at radius 2 is 1.92 bits per heavy atom. The second-order valence-electron chi connectivity index (χ2n) is 3.28. The third-order valence-corrected chi connectivity index (χ3v) is 2.16. The Balaban J connectivity index is 2.86. The lowest BCUT2D eigenvalue weighted by atomic mass is 10.2. The Labute approximate surface area is 78.9 Å². The van der Waals surface area contributed by atoms with E-state index in [1.165, 1.54) is 0 Å². The van der Waals surface area contributed by atoms with Crippen LogP contribution in [0.3, 0.4) is 0 Å².